The fourth-order valence-corrected chi connectivity index (χ4v) is 5.36. The Bertz CT molecular complexity index is 1010. The second-order valence-corrected chi connectivity index (χ2v) is 12.5. The minimum absolute atomic E-state index is 0.0349. The number of carbonyl (C=O) groups excluding carboxylic acids is 1. The molecule has 6 heteroatoms. The van der Waals surface area contributed by atoms with E-state index >= 15 is 0 Å². The van der Waals surface area contributed by atoms with Crippen molar-refractivity contribution in [3.63, 3.8) is 0 Å². The Balaban J connectivity index is 2.28. The fourth-order valence-electron chi connectivity index (χ4n) is 5.04. The average molecular weight is 492 g/mol. The maximum Gasteiger partial charge on any atom is 0.327 e. The van der Waals surface area contributed by atoms with Gasteiger partial charge in [-0.1, -0.05) is 68.2 Å². The van der Waals surface area contributed by atoms with Gasteiger partial charge in [0, 0.05) is 22.0 Å². The molecule has 1 saturated heterocycles. The lowest BCUT2D eigenvalue weighted by Crippen LogP contribution is -2.53. The van der Waals surface area contributed by atoms with Crippen LogP contribution in [0, 0.1) is 5.41 Å². The van der Waals surface area contributed by atoms with Gasteiger partial charge in [-0.2, -0.15) is 0 Å². The molecule has 1 aliphatic heterocycles. The molecule has 1 aliphatic rings. The highest BCUT2D eigenvalue weighted by molar-refractivity contribution is 6.30. The largest absolute Gasteiger partial charge is 0.459 e. The number of nitrogens with one attached hydrogen (secondary N) is 1. The topological polar surface area (TPSA) is 64.3 Å². The number of esters is 1. The van der Waals surface area contributed by atoms with Gasteiger partial charge >= 0.3 is 5.97 Å². The highest BCUT2D eigenvalue weighted by Crippen LogP contribution is 2.53. The number of benzene rings is 2. The predicted molar refractivity (Wildman–Crippen MR) is 137 cm³/mol. The van der Waals surface area contributed by atoms with Crippen LogP contribution in [0.2, 0.25) is 10.0 Å². The molecule has 3 rings (SSSR count). The van der Waals surface area contributed by atoms with Crippen LogP contribution < -0.4 is 11.1 Å². The van der Waals surface area contributed by atoms with Crippen LogP contribution in [0.1, 0.15) is 71.9 Å². The molecular formula is C27H36Cl2N2O2. The maximum absolute atomic E-state index is 13.7. The van der Waals surface area contributed by atoms with Crippen molar-refractivity contribution in [3.8, 4) is 0 Å². The molecule has 4 atom stereocenters. The van der Waals surface area contributed by atoms with Gasteiger partial charge in [-0.15, -0.1) is 0 Å². The lowest BCUT2D eigenvalue weighted by molar-refractivity contribution is -0.163. The summed E-state index contributed by atoms with van der Waals surface area (Å²) < 4.78 is 5.92. The molecule has 2 aromatic carbocycles. The Kier molecular flexibility index (Phi) is 7.01. The second-order valence-electron chi connectivity index (χ2n) is 11.6. The minimum atomic E-state index is -1.08. The van der Waals surface area contributed by atoms with Crippen LogP contribution in [0.3, 0.4) is 0 Å². The molecule has 0 aromatic heterocycles. The quantitative estimate of drug-likeness (QED) is 0.483. The van der Waals surface area contributed by atoms with Crippen molar-refractivity contribution in [3.05, 3.63) is 69.7 Å². The number of hydrogen-bond acceptors (Lipinski definition) is 4. The van der Waals surface area contributed by atoms with E-state index in [0.29, 0.717) is 10.0 Å². The summed E-state index contributed by atoms with van der Waals surface area (Å²) in [5.41, 5.74) is 6.55. The zero-order chi connectivity index (χ0) is 24.8. The Morgan fingerprint density at radius 1 is 1.03 bits per heavy atom. The molecule has 1 fully saturated rings. The fraction of sp³-hybridized carbons (Fsp3) is 0.519. The van der Waals surface area contributed by atoms with Crippen LogP contribution in [-0.4, -0.2) is 23.2 Å². The molecule has 0 spiro atoms. The summed E-state index contributed by atoms with van der Waals surface area (Å²) in [5.74, 6) is -0.771. The molecule has 0 saturated carbocycles. The van der Waals surface area contributed by atoms with Crippen molar-refractivity contribution < 1.29 is 9.53 Å². The van der Waals surface area contributed by atoms with Gasteiger partial charge in [0.15, 0.2) is 0 Å². The van der Waals surface area contributed by atoms with Crippen molar-refractivity contribution in [1.82, 2.24) is 5.32 Å². The van der Waals surface area contributed by atoms with E-state index in [4.69, 9.17) is 33.7 Å². The maximum atomic E-state index is 13.7. The summed E-state index contributed by atoms with van der Waals surface area (Å²) in [7, 11) is 0. The molecule has 0 aliphatic carbocycles. The van der Waals surface area contributed by atoms with Crippen LogP contribution in [0.5, 0.6) is 0 Å². The summed E-state index contributed by atoms with van der Waals surface area (Å²) >= 11 is 12.6. The number of halogens is 2. The zero-order valence-electron chi connectivity index (χ0n) is 20.6. The van der Waals surface area contributed by atoms with Gasteiger partial charge in [-0.25, -0.2) is 0 Å². The standard InChI is InChI=1S/C27H36Cl2N2O2/c1-24(2,3)16-21-27(30,18-11-13-19(28)14-12-18)22(17-9-8-10-20(29)15-17)26(7,31-21)23(32)33-25(4,5)6/h8-15,21-22,31H,16,30H2,1-7H3. The first-order valence-corrected chi connectivity index (χ1v) is 12.1. The third kappa shape index (κ3) is 5.40. The normalized spacial score (nSPS) is 28.1. The monoisotopic (exact) mass is 490 g/mol. The van der Waals surface area contributed by atoms with Gasteiger partial charge in [-0.3, -0.25) is 10.1 Å². The molecule has 33 heavy (non-hydrogen) atoms. The van der Waals surface area contributed by atoms with Gasteiger partial charge in [0.1, 0.15) is 11.1 Å². The Morgan fingerprint density at radius 2 is 1.64 bits per heavy atom. The first-order chi connectivity index (χ1) is 15.1. The van der Waals surface area contributed by atoms with Crippen LogP contribution >= 0.6 is 23.2 Å². The van der Waals surface area contributed by atoms with Crippen LogP contribution in [0.4, 0.5) is 0 Å². The van der Waals surface area contributed by atoms with Crippen LogP contribution in [-0.2, 0) is 15.1 Å². The summed E-state index contributed by atoms with van der Waals surface area (Å²) in [5, 5.41) is 4.87. The predicted octanol–water partition coefficient (Wildman–Crippen LogP) is 6.44. The van der Waals surface area contributed by atoms with Gasteiger partial charge in [0.2, 0.25) is 0 Å². The first-order valence-electron chi connectivity index (χ1n) is 11.4. The van der Waals surface area contributed by atoms with Crippen LogP contribution in [0.15, 0.2) is 48.5 Å². The molecule has 4 nitrogen and oxygen atoms in total. The van der Waals surface area contributed by atoms with Crippen molar-refractivity contribution in [2.75, 3.05) is 0 Å². The number of ether oxygens (including phenoxy) is 1. The van der Waals surface area contributed by atoms with E-state index in [0.717, 1.165) is 17.5 Å². The van der Waals surface area contributed by atoms with Gasteiger partial charge in [-0.05, 0) is 74.9 Å². The molecule has 1 heterocycles. The molecule has 0 amide bonds. The molecule has 2 aromatic rings. The van der Waals surface area contributed by atoms with E-state index in [1.54, 1.807) is 0 Å². The number of nitrogens with two attached hydrogens (primary N) is 1. The lowest BCUT2D eigenvalue weighted by atomic mass is 9.66. The highest BCUT2D eigenvalue weighted by atomic mass is 35.5. The van der Waals surface area contributed by atoms with Gasteiger partial charge in [0.25, 0.3) is 0 Å². The van der Waals surface area contributed by atoms with Crippen molar-refractivity contribution in [1.29, 1.82) is 0 Å². The van der Waals surface area contributed by atoms with E-state index in [1.807, 2.05) is 76.2 Å². The molecular weight excluding hydrogens is 455 g/mol. The van der Waals surface area contributed by atoms with Crippen molar-refractivity contribution in [2.45, 2.75) is 83.5 Å². The van der Waals surface area contributed by atoms with E-state index in [9.17, 15) is 4.79 Å². The molecule has 180 valence electrons. The van der Waals surface area contributed by atoms with Crippen molar-refractivity contribution in [2.24, 2.45) is 11.1 Å². The number of hydrogen-bond donors (Lipinski definition) is 2. The number of rotatable bonds is 4. The molecule has 0 radical (unpaired) electrons. The van der Waals surface area contributed by atoms with Gasteiger partial charge in [0.05, 0.1) is 5.54 Å². The van der Waals surface area contributed by atoms with Crippen molar-refractivity contribution >= 4 is 29.2 Å². The third-order valence-electron chi connectivity index (χ3n) is 6.27. The average Bonchev–Trinajstić information content (AvgIpc) is 2.88. The third-order valence-corrected chi connectivity index (χ3v) is 6.76. The van der Waals surface area contributed by atoms with Gasteiger partial charge < -0.3 is 10.5 Å². The summed E-state index contributed by atoms with van der Waals surface area (Å²) in [6.07, 6.45) is 0.752. The second kappa shape index (κ2) is 8.88. The smallest absolute Gasteiger partial charge is 0.327 e. The van der Waals surface area contributed by atoms with Crippen LogP contribution in [0.25, 0.3) is 0 Å². The molecule has 4 unspecified atom stereocenters. The SMILES string of the molecule is CC(C)(C)CC1NC(C)(C(=O)OC(C)(C)C)C(c2cccc(Cl)c2)C1(N)c1ccc(Cl)cc1. The van der Waals surface area contributed by atoms with E-state index in [2.05, 4.69) is 26.1 Å². The minimum Gasteiger partial charge on any atom is -0.459 e. The highest BCUT2D eigenvalue weighted by Gasteiger charge is 2.64. The molecule has 0 bridgehead atoms. The Labute approximate surface area is 208 Å². The Morgan fingerprint density at radius 3 is 2.15 bits per heavy atom. The summed E-state index contributed by atoms with van der Waals surface area (Å²) in [6, 6.07) is 15.0. The summed E-state index contributed by atoms with van der Waals surface area (Å²) in [4.78, 5) is 13.7. The first kappa shape index (κ1) is 26.0. The Hall–Kier alpha value is -1.59. The van der Waals surface area contributed by atoms with E-state index < -0.39 is 22.6 Å². The zero-order valence-corrected chi connectivity index (χ0v) is 22.1. The summed E-state index contributed by atoms with van der Waals surface area (Å²) in [6.45, 7) is 14.0. The number of carbonyl (C=O) groups is 1. The molecule has 3 N–H and O–H groups in total. The lowest BCUT2D eigenvalue weighted by Gasteiger charge is -2.41. The van der Waals surface area contributed by atoms with E-state index in [-0.39, 0.29) is 17.4 Å². The van der Waals surface area contributed by atoms with E-state index in [1.165, 1.54) is 0 Å².